The Labute approximate surface area is 149 Å². The van der Waals surface area contributed by atoms with E-state index in [-0.39, 0.29) is 5.75 Å². The third-order valence-corrected chi connectivity index (χ3v) is 3.33. The van der Waals surface area contributed by atoms with E-state index >= 15 is 0 Å². The monoisotopic (exact) mass is 365 g/mol. The summed E-state index contributed by atoms with van der Waals surface area (Å²) in [6.45, 7) is -2.29. The van der Waals surface area contributed by atoms with Crippen LogP contribution < -0.4 is 20.2 Å². The van der Waals surface area contributed by atoms with Gasteiger partial charge in [0, 0.05) is 6.54 Å². The standard InChI is InChI=1S/C17H17F2N3O2S/c1-23-14-6-2-12(3-7-14)10-20-17(25)22-21-11-13-4-8-15(9-5-13)24-16(18)19/h2-9,11,16H,10H2,1H3,(H2,20,22,25)/b21-11-. The summed E-state index contributed by atoms with van der Waals surface area (Å²) in [4.78, 5) is 0. The first-order chi connectivity index (χ1) is 12.1. The van der Waals surface area contributed by atoms with Crippen LogP contribution in [0.4, 0.5) is 8.78 Å². The Hall–Kier alpha value is -2.74. The molecule has 0 heterocycles. The highest BCUT2D eigenvalue weighted by Gasteiger charge is 2.03. The van der Waals surface area contributed by atoms with Gasteiger partial charge in [-0.05, 0) is 59.7 Å². The maximum Gasteiger partial charge on any atom is 0.387 e. The summed E-state index contributed by atoms with van der Waals surface area (Å²) in [5, 5.41) is 7.37. The molecule has 132 valence electrons. The average molecular weight is 365 g/mol. The van der Waals surface area contributed by atoms with Gasteiger partial charge in [-0.25, -0.2) is 0 Å². The highest BCUT2D eigenvalue weighted by Crippen LogP contribution is 2.14. The third-order valence-electron chi connectivity index (χ3n) is 3.10. The molecule has 0 amide bonds. The second-order valence-corrected chi connectivity index (χ2v) is 5.26. The van der Waals surface area contributed by atoms with E-state index in [0.29, 0.717) is 17.2 Å². The molecule has 2 rings (SSSR count). The quantitative estimate of drug-likeness (QED) is 0.448. The van der Waals surface area contributed by atoms with Crippen LogP contribution in [0.5, 0.6) is 11.5 Å². The van der Waals surface area contributed by atoms with Crippen molar-refractivity contribution in [1.29, 1.82) is 0 Å². The Morgan fingerprint density at radius 2 is 1.76 bits per heavy atom. The largest absolute Gasteiger partial charge is 0.497 e. The summed E-state index contributed by atoms with van der Waals surface area (Å²) in [5.41, 5.74) is 4.44. The maximum absolute atomic E-state index is 12.1. The molecule has 0 radical (unpaired) electrons. The van der Waals surface area contributed by atoms with Crippen LogP contribution in [-0.4, -0.2) is 25.0 Å². The number of hydrazone groups is 1. The number of thiocarbonyl (C=S) groups is 1. The van der Waals surface area contributed by atoms with Crippen molar-refractivity contribution in [2.45, 2.75) is 13.2 Å². The number of ether oxygens (including phenoxy) is 2. The van der Waals surface area contributed by atoms with Crippen molar-refractivity contribution in [2.24, 2.45) is 5.10 Å². The first kappa shape index (κ1) is 18.6. The molecule has 0 saturated carbocycles. The summed E-state index contributed by atoms with van der Waals surface area (Å²) in [7, 11) is 1.61. The smallest absolute Gasteiger partial charge is 0.387 e. The second-order valence-electron chi connectivity index (χ2n) is 4.85. The molecule has 25 heavy (non-hydrogen) atoms. The van der Waals surface area contributed by atoms with E-state index in [0.717, 1.165) is 11.3 Å². The average Bonchev–Trinajstić information content (AvgIpc) is 2.61. The van der Waals surface area contributed by atoms with Crippen LogP contribution in [0.25, 0.3) is 0 Å². The number of nitrogens with zero attached hydrogens (tertiary/aromatic N) is 1. The van der Waals surface area contributed by atoms with E-state index in [2.05, 4.69) is 20.6 Å². The van der Waals surface area contributed by atoms with Crippen molar-refractivity contribution >= 4 is 23.5 Å². The second kappa shape index (κ2) is 9.53. The predicted octanol–water partition coefficient (Wildman–Crippen LogP) is 3.29. The molecule has 0 aliphatic carbocycles. The summed E-state index contributed by atoms with van der Waals surface area (Å²) < 4.78 is 33.5. The van der Waals surface area contributed by atoms with Crippen LogP contribution in [-0.2, 0) is 6.54 Å². The molecule has 0 unspecified atom stereocenters. The lowest BCUT2D eigenvalue weighted by Crippen LogP contribution is -2.31. The first-order valence-corrected chi connectivity index (χ1v) is 7.72. The lowest BCUT2D eigenvalue weighted by molar-refractivity contribution is -0.0498. The third kappa shape index (κ3) is 6.72. The zero-order chi connectivity index (χ0) is 18.1. The fourth-order valence-corrected chi connectivity index (χ4v) is 1.99. The van der Waals surface area contributed by atoms with E-state index in [1.807, 2.05) is 24.3 Å². The van der Waals surface area contributed by atoms with Crippen LogP contribution in [0.2, 0.25) is 0 Å². The van der Waals surface area contributed by atoms with E-state index < -0.39 is 6.61 Å². The minimum atomic E-state index is -2.84. The van der Waals surface area contributed by atoms with E-state index in [1.54, 1.807) is 19.2 Å². The Bertz CT molecular complexity index is 707. The lowest BCUT2D eigenvalue weighted by Gasteiger charge is -2.07. The molecule has 0 aliphatic heterocycles. The van der Waals surface area contributed by atoms with Gasteiger partial charge in [0.15, 0.2) is 5.11 Å². The highest BCUT2D eigenvalue weighted by molar-refractivity contribution is 7.80. The molecule has 2 N–H and O–H groups in total. The van der Waals surface area contributed by atoms with E-state index in [4.69, 9.17) is 17.0 Å². The molecular formula is C17H17F2N3O2S. The number of alkyl halides is 2. The summed E-state index contributed by atoms with van der Waals surface area (Å²) in [5.74, 6) is 0.885. The van der Waals surface area contributed by atoms with Crippen LogP contribution >= 0.6 is 12.2 Å². The van der Waals surface area contributed by atoms with Crippen molar-refractivity contribution in [3.63, 3.8) is 0 Å². The van der Waals surface area contributed by atoms with Gasteiger partial charge in [0.25, 0.3) is 0 Å². The number of hydrogen-bond donors (Lipinski definition) is 2. The van der Waals surface area contributed by atoms with Crippen LogP contribution in [0.1, 0.15) is 11.1 Å². The van der Waals surface area contributed by atoms with Gasteiger partial charge < -0.3 is 14.8 Å². The number of nitrogens with one attached hydrogen (secondary N) is 2. The molecule has 2 aromatic rings. The van der Waals surface area contributed by atoms with Gasteiger partial charge in [0.05, 0.1) is 13.3 Å². The molecule has 0 aliphatic rings. The van der Waals surface area contributed by atoms with Crippen molar-refractivity contribution in [3.05, 3.63) is 59.7 Å². The molecule has 2 aromatic carbocycles. The lowest BCUT2D eigenvalue weighted by atomic mass is 10.2. The van der Waals surface area contributed by atoms with Gasteiger partial charge >= 0.3 is 6.61 Å². The van der Waals surface area contributed by atoms with Crippen LogP contribution in [0.15, 0.2) is 53.6 Å². The fraction of sp³-hybridized carbons (Fsp3) is 0.176. The number of hydrogen-bond acceptors (Lipinski definition) is 4. The Kier molecular flexibility index (Phi) is 7.09. The predicted molar refractivity (Wildman–Crippen MR) is 96.2 cm³/mol. The number of methoxy groups -OCH3 is 1. The molecule has 0 saturated heterocycles. The molecule has 5 nitrogen and oxygen atoms in total. The van der Waals surface area contributed by atoms with E-state index in [1.165, 1.54) is 18.3 Å². The zero-order valence-corrected chi connectivity index (χ0v) is 14.2. The maximum atomic E-state index is 12.1. The van der Waals surface area contributed by atoms with Gasteiger partial charge in [-0.3, -0.25) is 5.43 Å². The van der Waals surface area contributed by atoms with Gasteiger partial charge in [-0.1, -0.05) is 12.1 Å². The summed E-state index contributed by atoms with van der Waals surface area (Å²) in [6.07, 6.45) is 1.52. The minimum Gasteiger partial charge on any atom is -0.497 e. The first-order valence-electron chi connectivity index (χ1n) is 7.31. The highest BCUT2D eigenvalue weighted by atomic mass is 32.1. The Morgan fingerprint density at radius 1 is 1.12 bits per heavy atom. The van der Waals surface area contributed by atoms with Crippen LogP contribution in [0.3, 0.4) is 0 Å². The normalized spacial score (nSPS) is 10.7. The van der Waals surface area contributed by atoms with Crippen molar-refractivity contribution < 1.29 is 18.3 Å². The van der Waals surface area contributed by atoms with Gasteiger partial charge in [-0.2, -0.15) is 13.9 Å². The van der Waals surface area contributed by atoms with Crippen molar-refractivity contribution in [2.75, 3.05) is 7.11 Å². The fourth-order valence-electron chi connectivity index (χ4n) is 1.87. The SMILES string of the molecule is COc1ccc(CNC(=S)N/N=C\c2ccc(OC(F)F)cc2)cc1. The molecule has 0 atom stereocenters. The van der Waals surface area contributed by atoms with Gasteiger partial charge in [0.1, 0.15) is 11.5 Å². The summed E-state index contributed by atoms with van der Waals surface area (Å²) in [6, 6.07) is 13.7. The van der Waals surface area contributed by atoms with E-state index in [9.17, 15) is 8.78 Å². The number of halogens is 2. The van der Waals surface area contributed by atoms with Crippen LogP contribution in [0, 0.1) is 0 Å². The molecule has 0 bridgehead atoms. The molecule has 8 heteroatoms. The van der Waals surface area contributed by atoms with Gasteiger partial charge in [0.2, 0.25) is 0 Å². The van der Waals surface area contributed by atoms with Crippen molar-refractivity contribution in [3.8, 4) is 11.5 Å². The number of rotatable bonds is 7. The zero-order valence-electron chi connectivity index (χ0n) is 13.4. The number of benzene rings is 2. The van der Waals surface area contributed by atoms with Gasteiger partial charge in [-0.15, -0.1) is 0 Å². The van der Waals surface area contributed by atoms with Crippen molar-refractivity contribution in [1.82, 2.24) is 10.7 Å². The molecule has 0 fully saturated rings. The minimum absolute atomic E-state index is 0.0942. The Morgan fingerprint density at radius 3 is 2.36 bits per heavy atom. The molecule has 0 spiro atoms. The Balaban J connectivity index is 1.75. The summed E-state index contributed by atoms with van der Waals surface area (Å²) >= 11 is 5.12. The molecular weight excluding hydrogens is 348 g/mol. The molecule has 0 aromatic heterocycles. The topological polar surface area (TPSA) is 54.9 Å².